The summed E-state index contributed by atoms with van der Waals surface area (Å²) in [4.78, 5) is 27.7. The number of aromatic nitrogens is 1. The first-order chi connectivity index (χ1) is 9.48. The maximum Gasteiger partial charge on any atom is 0.347 e. The van der Waals surface area contributed by atoms with E-state index >= 15 is 0 Å². The Hall–Kier alpha value is -1.47. The van der Waals surface area contributed by atoms with Crippen molar-refractivity contribution in [1.29, 1.82) is 0 Å². The first-order valence-corrected chi connectivity index (χ1v) is 7.49. The average molecular weight is 297 g/mol. The molecule has 1 aliphatic heterocycles. The minimum Gasteiger partial charge on any atom is -0.477 e. The standard InChI is InChI=1S/C13H19N3O3S/c1-3-13(4-5-14-7-13)12(19)15-6-9-16-8(2)10(20-9)11(17)18/h14H,3-7H2,1-2H3,(H,15,19)(H,17,18). The Balaban J connectivity index is 2.00. The molecular formula is C13H19N3O3S. The van der Waals surface area contributed by atoms with Crippen LogP contribution in [0.4, 0.5) is 0 Å². The molecule has 110 valence electrons. The van der Waals surface area contributed by atoms with Crippen molar-refractivity contribution >= 4 is 23.2 Å². The maximum atomic E-state index is 12.3. The number of nitrogens with one attached hydrogen (secondary N) is 2. The number of carboxylic acid groups (broad SMARTS) is 1. The minimum absolute atomic E-state index is 0.0229. The van der Waals surface area contributed by atoms with Crippen molar-refractivity contribution in [3.63, 3.8) is 0 Å². The number of carboxylic acids is 1. The van der Waals surface area contributed by atoms with Crippen LogP contribution in [0.3, 0.4) is 0 Å². The van der Waals surface area contributed by atoms with E-state index in [0.29, 0.717) is 23.8 Å². The summed E-state index contributed by atoms with van der Waals surface area (Å²) in [7, 11) is 0. The minimum atomic E-state index is -0.970. The zero-order chi connectivity index (χ0) is 14.8. The number of nitrogens with zero attached hydrogens (tertiary/aromatic N) is 1. The van der Waals surface area contributed by atoms with Gasteiger partial charge in [-0.05, 0) is 26.3 Å². The summed E-state index contributed by atoms with van der Waals surface area (Å²) in [6.45, 7) is 5.54. The molecule has 3 N–H and O–H groups in total. The van der Waals surface area contributed by atoms with Crippen molar-refractivity contribution in [3.8, 4) is 0 Å². The fourth-order valence-electron chi connectivity index (χ4n) is 2.47. The Bertz CT molecular complexity index is 521. The molecule has 1 aromatic heterocycles. The van der Waals surface area contributed by atoms with Gasteiger partial charge in [0, 0.05) is 6.54 Å². The molecule has 1 saturated heterocycles. The van der Waals surface area contributed by atoms with E-state index in [2.05, 4.69) is 15.6 Å². The van der Waals surface area contributed by atoms with Crippen molar-refractivity contribution in [3.05, 3.63) is 15.6 Å². The molecule has 1 fully saturated rings. The molecule has 2 heterocycles. The van der Waals surface area contributed by atoms with E-state index in [1.807, 2.05) is 6.92 Å². The molecule has 0 aliphatic carbocycles. The number of hydrogen-bond donors (Lipinski definition) is 3. The SMILES string of the molecule is CCC1(C(=O)NCc2nc(C)c(C(=O)O)s2)CCNC1. The fourth-order valence-corrected chi connectivity index (χ4v) is 3.31. The Morgan fingerprint density at radius 3 is 2.80 bits per heavy atom. The van der Waals surface area contributed by atoms with E-state index < -0.39 is 5.97 Å². The van der Waals surface area contributed by atoms with E-state index in [0.717, 1.165) is 30.7 Å². The third-order valence-electron chi connectivity index (χ3n) is 3.84. The lowest BCUT2D eigenvalue weighted by atomic mass is 9.83. The lowest BCUT2D eigenvalue weighted by Crippen LogP contribution is -2.41. The molecule has 6 nitrogen and oxygen atoms in total. The van der Waals surface area contributed by atoms with Gasteiger partial charge >= 0.3 is 5.97 Å². The second kappa shape index (κ2) is 5.88. The van der Waals surface area contributed by atoms with E-state index in [9.17, 15) is 9.59 Å². The maximum absolute atomic E-state index is 12.3. The predicted molar refractivity (Wildman–Crippen MR) is 75.9 cm³/mol. The van der Waals surface area contributed by atoms with E-state index in [4.69, 9.17) is 5.11 Å². The number of carbonyl (C=O) groups is 2. The number of aromatic carboxylic acids is 1. The molecule has 0 radical (unpaired) electrons. The summed E-state index contributed by atoms with van der Waals surface area (Å²) >= 11 is 1.12. The number of aryl methyl sites for hydroxylation is 1. The molecule has 0 saturated carbocycles. The highest BCUT2D eigenvalue weighted by atomic mass is 32.1. The molecule has 0 bridgehead atoms. The van der Waals surface area contributed by atoms with Crippen LogP contribution in [0.1, 0.15) is 40.1 Å². The quantitative estimate of drug-likeness (QED) is 0.758. The summed E-state index contributed by atoms with van der Waals surface area (Å²) in [6.07, 6.45) is 1.63. The molecule has 1 atom stereocenters. The zero-order valence-electron chi connectivity index (χ0n) is 11.7. The van der Waals surface area contributed by atoms with Crippen LogP contribution in [0.25, 0.3) is 0 Å². The van der Waals surface area contributed by atoms with E-state index in [1.165, 1.54) is 0 Å². The van der Waals surface area contributed by atoms with Crippen molar-refractivity contribution < 1.29 is 14.7 Å². The molecule has 20 heavy (non-hydrogen) atoms. The fraction of sp³-hybridized carbons (Fsp3) is 0.615. The first kappa shape index (κ1) is 14.9. The van der Waals surface area contributed by atoms with Crippen molar-refractivity contribution in [2.75, 3.05) is 13.1 Å². The number of rotatable bonds is 5. The van der Waals surface area contributed by atoms with Gasteiger partial charge < -0.3 is 15.7 Å². The van der Waals surface area contributed by atoms with Gasteiger partial charge in [-0.3, -0.25) is 4.79 Å². The van der Waals surface area contributed by atoms with Crippen LogP contribution in [0, 0.1) is 12.3 Å². The highest BCUT2D eigenvalue weighted by Gasteiger charge is 2.39. The van der Waals surface area contributed by atoms with Crippen LogP contribution in [0.2, 0.25) is 0 Å². The Labute approximate surface area is 121 Å². The van der Waals surface area contributed by atoms with Gasteiger partial charge in [-0.1, -0.05) is 6.92 Å². The number of carbonyl (C=O) groups excluding carboxylic acids is 1. The smallest absolute Gasteiger partial charge is 0.347 e. The largest absolute Gasteiger partial charge is 0.477 e. The molecule has 1 unspecified atom stereocenters. The zero-order valence-corrected chi connectivity index (χ0v) is 12.5. The third kappa shape index (κ3) is 2.83. The summed E-state index contributed by atoms with van der Waals surface area (Å²) in [5, 5.41) is 15.7. The van der Waals surface area contributed by atoms with Gasteiger partial charge in [0.25, 0.3) is 0 Å². The van der Waals surface area contributed by atoms with Crippen LogP contribution in [-0.4, -0.2) is 35.1 Å². The number of amides is 1. The third-order valence-corrected chi connectivity index (χ3v) is 4.98. The first-order valence-electron chi connectivity index (χ1n) is 6.67. The normalized spacial score (nSPS) is 21.9. The van der Waals surface area contributed by atoms with E-state index in [1.54, 1.807) is 6.92 Å². The molecule has 0 aromatic carbocycles. The summed E-state index contributed by atoms with van der Waals surface area (Å²) < 4.78 is 0. The van der Waals surface area contributed by atoms with Crippen LogP contribution >= 0.6 is 11.3 Å². The van der Waals surface area contributed by atoms with Crippen LogP contribution < -0.4 is 10.6 Å². The predicted octanol–water partition coefficient (Wildman–Crippen LogP) is 1.16. The number of thiazole rings is 1. The lowest BCUT2D eigenvalue weighted by Gasteiger charge is -2.24. The van der Waals surface area contributed by atoms with Crippen LogP contribution in [0.15, 0.2) is 0 Å². The average Bonchev–Trinajstić information content (AvgIpc) is 3.03. The van der Waals surface area contributed by atoms with Gasteiger partial charge in [-0.25, -0.2) is 9.78 Å². The molecule has 1 aromatic rings. The molecule has 7 heteroatoms. The van der Waals surface area contributed by atoms with Gasteiger partial charge in [0.15, 0.2) is 0 Å². The van der Waals surface area contributed by atoms with Gasteiger partial charge in [0.2, 0.25) is 5.91 Å². The van der Waals surface area contributed by atoms with Crippen molar-refractivity contribution in [1.82, 2.24) is 15.6 Å². The topological polar surface area (TPSA) is 91.3 Å². The Kier molecular flexibility index (Phi) is 4.39. The van der Waals surface area contributed by atoms with Crippen LogP contribution in [0.5, 0.6) is 0 Å². The summed E-state index contributed by atoms with van der Waals surface area (Å²) in [5.74, 6) is -0.947. The van der Waals surface area contributed by atoms with Gasteiger partial charge in [-0.2, -0.15) is 0 Å². The van der Waals surface area contributed by atoms with Gasteiger partial charge in [0.05, 0.1) is 17.7 Å². The lowest BCUT2D eigenvalue weighted by molar-refractivity contribution is -0.130. The summed E-state index contributed by atoms with van der Waals surface area (Å²) in [6, 6.07) is 0. The molecule has 0 spiro atoms. The van der Waals surface area contributed by atoms with Gasteiger partial charge in [-0.15, -0.1) is 11.3 Å². The monoisotopic (exact) mass is 297 g/mol. The van der Waals surface area contributed by atoms with Gasteiger partial charge in [0.1, 0.15) is 9.88 Å². The number of hydrogen-bond acceptors (Lipinski definition) is 5. The highest BCUT2D eigenvalue weighted by Crippen LogP contribution is 2.29. The summed E-state index contributed by atoms with van der Waals surface area (Å²) in [5.41, 5.74) is 0.168. The van der Waals surface area contributed by atoms with Crippen molar-refractivity contribution in [2.45, 2.75) is 33.2 Å². The van der Waals surface area contributed by atoms with E-state index in [-0.39, 0.29) is 16.2 Å². The molecular weight excluding hydrogens is 278 g/mol. The molecule has 1 amide bonds. The highest BCUT2D eigenvalue weighted by molar-refractivity contribution is 7.13. The Morgan fingerprint density at radius 2 is 2.30 bits per heavy atom. The molecule has 1 aliphatic rings. The van der Waals surface area contributed by atoms with Crippen LogP contribution in [-0.2, 0) is 11.3 Å². The molecule has 2 rings (SSSR count). The second-order valence-corrected chi connectivity index (χ2v) is 6.15. The second-order valence-electron chi connectivity index (χ2n) is 5.07. The van der Waals surface area contributed by atoms with Crippen molar-refractivity contribution in [2.24, 2.45) is 5.41 Å². The Morgan fingerprint density at radius 1 is 1.55 bits per heavy atom.